The molecule has 1 aliphatic carbocycles. The number of carbonyl (C=O) groups is 1. The van der Waals surface area contributed by atoms with Gasteiger partial charge in [-0.1, -0.05) is 11.6 Å². The SMILES string of the molecule is O=C1CCc2c(Cl)ccc(O)c21. The highest BCUT2D eigenvalue weighted by molar-refractivity contribution is 6.32. The number of halogens is 1. The number of aromatic hydroxyl groups is 1. The molecular weight excluding hydrogens is 176 g/mol. The van der Waals surface area contributed by atoms with Gasteiger partial charge in [0.15, 0.2) is 5.78 Å². The molecular formula is C9H7ClO2. The van der Waals surface area contributed by atoms with Crippen molar-refractivity contribution in [1.82, 2.24) is 0 Å². The number of hydrogen-bond acceptors (Lipinski definition) is 2. The van der Waals surface area contributed by atoms with Gasteiger partial charge in [0.05, 0.1) is 5.56 Å². The van der Waals surface area contributed by atoms with E-state index in [1.165, 1.54) is 6.07 Å². The van der Waals surface area contributed by atoms with Crippen LogP contribution in [0.3, 0.4) is 0 Å². The quantitative estimate of drug-likeness (QED) is 0.668. The number of benzene rings is 1. The zero-order valence-corrected chi connectivity index (χ0v) is 7.06. The van der Waals surface area contributed by atoms with Crippen LogP contribution in [0, 0.1) is 0 Å². The third-order valence-electron chi connectivity index (χ3n) is 2.11. The van der Waals surface area contributed by atoms with Crippen molar-refractivity contribution in [2.75, 3.05) is 0 Å². The lowest BCUT2D eigenvalue weighted by Crippen LogP contribution is -1.91. The molecule has 0 saturated carbocycles. The molecule has 0 saturated heterocycles. The summed E-state index contributed by atoms with van der Waals surface area (Å²) in [6.45, 7) is 0. The molecule has 12 heavy (non-hydrogen) atoms. The monoisotopic (exact) mass is 182 g/mol. The van der Waals surface area contributed by atoms with Crippen LogP contribution in [0.5, 0.6) is 5.75 Å². The first-order valence-corrected chi connectivity index (χ1v) is 4.11. The molecule has 1 aromatic carbocycles. The van der Waals surface area contributed by atoms with Crippen molar-refractivity contribution in [3.63, 3.8) is 0 Å². The molecule has 0 atom stereocenters. The van der Waals surface area contributed by atoms with Crippen molar-refractivity contribution in [1.29, 1.82) is 0 Å². The summed E-state index contributed by atoms with van der Waals surface area (Å²) in [6, 6.07) is 3.08. The summed E-state index contributed by atoms with van der Waals surface area (Å²) in [6.07, 6.45) is 1.12. The zero-order chi connectivity index (χ0) is 8.72. The van der Waals surface area contributed by atoms with Crippen LogP contribution in [-0.2, 0) is 6.42 Å². The third kappa shape index (κ3) is 0.916. The molecule has 0 aromatic heterocycles. The van der Waals surface area contributed by atoms with Crippen LogP contribution in [0.4, 0.5) is 0 Å². The van der Waals surface area contributed by atoms with Crippen LogP contribution >= 0.6 is 11.6 Å². The summed E-state index contributed by atoms with van der Waals surface area (Å²) in [4.78, 5) is 11.2. The second-order valence-corrected chi connectivity index (χ2v) is 3.25. The Bertz CT molecular complexity index is 358. The summed E-state index contributed by atoms with van der Waals surface area (Å²) in [7, 11) is 0. The molecule has 0 amide bonds. The topological polar surface area (TPSA) is 37.3 Å². The van der Waals surface area contributed by atoms with Gasteiger partial charge in [-0.05, 0) is 24.1 Å². The summed E-state index contributed by atoms with van der Waals surface area (Å²) >= 11 is 5.84. The second kappa shape index (κ2) is 2.49. The first kappa shape index (κ1) is 7.62. The van der Waals surface area contributed by atoms with Crippen LogP contribution < -0.4 is 0 Å². The Balaban J connectivity index is 2.72. The molecule has 2 nitrogen and oxygen atoms in total. The molecule has 1 N–H and O–H groups in total. The van der Waals surface area contributed by atoms with E-state index in [4.69, 9.17) is 11.6 Å². The normalized spacial score (nSPS) is 14.9. The average molecular weight is 183 g/mol. The van der Waals surface area contributed by atoms with Crippen LogP contribution in [0.25, 0.3) is 0 Å². The minimum Gasteiger partial charge on any atom is -0.507 e. The largest absolute Gasteiger partial charge is 0.507 e. The van der Waals surface area contributed by atoms with E-state index in [0.29, 0.717) is 23.4 Å². The zero-order valence-electron chi connectivity index (χ0n) is 6.30. The van der Waals surface area contributed by atoms with Gasteiger partial charge in [-0.3, -0.25) is 4.79 Å². The lowest BCUT2D eigenvalue weighted by Gasteiger charge is -2.01. The van der Waals surface area contributed by atoms with Gasteiger partial charge in [0.1, 0.15) is 5.75 Å². The van der Waals surface area contributed by atoms with Gasteiger partial charge in [-0.15, -0.1) is 0 Å². The highest BCUT2D eigenvalue weighted by Crippen LogP contribution is 2.34. The first-order chi connectivity index (χ1) is 5.70. The van der Waals surface area contributed by atoms with Crippen LogP contribution in [0.1, 0.15) is 22.3 Å². The Morgan fingerprint density at radius 2 is 2.08 bits per heavy atom. The second-order valence-electron chi connectivity index (χ2n) is 2.84. The molecule has 1 aliphatic rings. The summed E-state index contributed by atoms with van der Waals surface area (Å²) in [5, 5.41) is 9.92. The number of fused-ring (bicyclic) bond motifs is 1. The maximum Gasteiger partial charge on any atom is 0.167 e. The molecule has 0 spiro atoms. The number of phenols is 1. The lowest BCUT2D eigenvalue weighted by atomic mass is 10.1. The van der Waals surface area contributed by atoms with E-state index < -0.39 is 0 Å². The molecule has 62 valence electrons. The Kier molecular flexibility index (Phi) is 1.58. The number of ketones is 1. The van der Waals surface area contributed by atoms with Crippen LogP contribution in [0.2, 0.25) is 5.02 Å². The van der Waals surface area contributed by atoms with E-state index in [2.05, 4.69) is 0 Å². The number of rotatable bonds is 0. The van der Waals surface area contributed by atoms with E-state index in [1.54, 1.807) is 6.07 Å². The van der Waals surface area contributed by atoms with Gasteiger partial charge in [0.2, 0.25) is 0 Å². The third-order valence-corrected chi connectivity index (χ3v) is 2.47. The number of phenolic OH excluding ortho intramolecular Hbond substituents is 1. The van der Waals surface area contributed by atoms with E-state index >= 15 is 0 Å². The van der Waals surface area contributed by atoms with E-state index in [9.17, 15) is 9.90 Å². The highest BCUT2D eigenvalue weighted by Gasteiger charge is 2.24. The predicted molar refractivity (Wildman–Crippen MR) is 45.8 cm³/mol. The fourth-order valence-corrected chi connectivity index (χ4v) is 1.78. The summed E-state index contributed by atoms with van der Waals surface area (Å²) < 4.78 is 0. The molecule has 0 aliphatic heterocycles. The van der Waals surface area contributed by atoms with Crippen molar-refractivity contribution in [2.24, 2.45) is 0 Å². The van der Waals surface area contributed by atoms with Gasteiger partial charge in [0.25, 0.3) is 0 Å². The molecule has 0 fully saturated rings. The Labute approximate surface area is 74.8 Å². The molecule has 3 heteroatoms. The maximum absolute atomic E-state index is 11.2. The van der Waals surface area contributed by atoms with Gasteiger partial charge < -0.3 is 5.11 Å². The van der Waals surface area contributed by atoms with Crippen LogP contribution in [-0.4, -0.2) is 10.9 Å². The van der Waals surface area contributed by atoms with Gasteiger partial charge in [-0.25, -0.2) is 0 Å². The van der Waals surface area contributed by atoms with Crippen molar-refractivity contribution in [2.45, 2.75) is 12.8 Å². The van der Waals surface area contributed by atoms with Crippen LogP contribution in [0.15, 0.2) is 12.1 Å². The maximum atomic E-state index is 11.2. The Morgan fingerprint density at radius 3 is 2.75 bits per heavy atom. The highest BCUT2D eigenvalue weighted by atomic mass is 35.5. The van der Waals surface area contributed by atoms with Crippen molar-refractivity contribution < 1.29 is 9.90 Å². The van der Waals surface area contributed by atoms with Crippen molar-refractivity contribution >= 4 is 17.4 Å². The van der Waals surface area contributed by atoms with E-state index in [0.717, 1.165) is 5.56 Å². The molecule has 0 radical (unpaired) electrons. The summed E-state index contributed by atoms with van der Waals surface area (Å²) in [5.41, 5.74) is 1.21. The first-order valence-electron chi connectivity index (χ1n) is 3.73. The predicted octanol–water partition coefficient (Wildman–Crippen LogP) is 2.17. The minimum absolute atomic E-state index is 0.00926. The van der Waals surface area contributed by atoms with E-state index in [1.807, 2.05) is 0 Å². The number of Topliss-reactive ketones (excluding diaryl/α,β-unsaturated/α-hetero) is 1. The minimum atomic E-state index is -0.00926. The molecule has 0 unspecified atom stereocenters. The molecule has 0 bridgehead atoms. The lowest BCUT2D eigenvalue weighted by molar-refractivity contribution is 0.0992. The Morgan fingerprint density at radius 1 is 1.33 bits per heavy atom. The van der Waals surface area contributed by atoms with Gasteiger partial charge >= 0.3 is 0 Å². The van der Waals surface area contributed by atoms with Gasteiger partial charge in [0, 0.05) is 11.4 Å². The Hall–Kier alpha value is -1.02. The average Bonchev–Trinajstić information content (AvgIpc) is 2.42. The fourth-order valence-electron chi connectivity index (χ4n) is 1.53. The summed E-state index contributed by atoms with van der Waals surface area (Å²) in [5.74, 6) is 0.0434. The number of hydrogen-bond donors (Lipinski definition) is 1. The molecule has 2 rings (SSSR count). The van der Waals surface area contributed by atoms with Gasteiger partial charge in [-0.2, -0.15) is 0 Å². The van der Waals surface area contributed by atoms with Crippen molar-refractivity contribution in [3.05, 3.63) is 28.3 Å². The fraction of sp³-hybridized carbons (Fsp3) is 0.222. The van der Waals surface area contributed by atoms with E-state index in [-0.39, 0.29) is 11.5 Å². The number of carbonyl (C=O) groups excluding carboxylic acids is 1. The molecule has 0 heterocycles. The molecule has 1 aromatic rings. The van der Waals surface area contributed by atoms with Crippen molar-refractivity contribution in [3.8, 4) is 5.75 Å². The smallest absolute Gasteiger partial charge is 0.167 e. The standard InChI is InChI=1S/C9H7ClO2/c10-6-2-4-8(12)9-5(6)1-3-7(9)11/h2,4,12H,1,3H2.